The maximum Gasteiger partial charge on any atom is 0.410 e. The lowest BCUT2D eigenvalue weighted by Gasteiger charge is -2.24. The number of rotatable bonds is 3. The molecule has 6 heteroatoms. The first-order valence-corrected chi connectivity index (χ1v) is 8.84. The number of amides is 1. The molecule has 2 aromatic rings. The Labute approximate surface area is 150 Å². The number of hydrogen-bond acceptors (Lipinski definition) is 4. The predicted molar refractivity (Wildman–Crippen MR) is 101 cm³/mol. The first-order chi connectivity index (χ1) is 10.7. The van der Waals surface area contributed by atoms with E-state index in [0.29, 0.717) is 6.54 Å². The molecule has 0 saturated carbocycles. The lowest BCUT2D eigenvalue weighted by atomic mass is 10.2. The smallest absolute Gasteiger partial charge is 0.410 e. The van der Waals surface area contributed by atoms with Crippen molar-refractivity contribution in [2.45, 2.75) is 32.8 Å². The number of hydrogen-bond donors (Lipinski definition) is 0. The summed E-state index contributed by atoms with van der Waals surface area (Å²) < 4.78 is 7.51. The fourth-order valence-corrected chi connectivity index (χ4v) is 3.04. The van der Waals surface area contributed by atoms with Gasteiger partial charge in [0.15, 0.2) is 0 Å². The lowest BCUT2D eigenvalue weighted by molar-refractivity contribution is 0.0301. The zero-order chi connectivity index (χ0) is 17.6. The number of thiazole rings is 1. The molecule has 0 aliphatic carbocycles. The Kier molecular flexibility index (Phi) is 7.22. The van der Waals surface area contributed by atoms with Crippen LogP contribution >= 0.6 is 27.3 Å². The highest BCUT2D eigenvalue weighted by Gasteiger charge is 2.19. The van der Waals surface area contributed by atoms with Gasteiger partial charge < -0.3 is 9.64 Å². The molecule has 1 aromatic carbocycles. The zero-order valence-corrected chi connectivity index (χ0v) is 16.5. The van der Waals surface area contributed by atoms with Gasteiger partial charge in [0.1, 0.15) is 5.60 Å². The largest absolute Gasteiger partial charge is 0.444 e. The highest BCUT2D eigenvalue weighted by molar-refractivity contribution is 9.10. The number of fused-ring (bicyclic) bond motifs is 1. The van der Waals surface area contributed by atoms with E-state index in [9.17, 15) is 4.79 Å². The van der Waals surface area contributed by atoms with Crippen LogP contribution in [0.15, 0.2) is 35.8 Å². The van der Waals surface area contributed by atoms with E-state index in [1.165, 1.54) is 0 Å². The summed E-state index contributed by atoms with van der Waals surface area (Å²) in [6.45, 7) is 12.2. The van der Waals surface area contributed by atoms with E-state index >= 15 is 0 Å². The number of nitrogens with zero attached hydrogens (tertiary/aromatic N) is 2. The quantitative estimate of drug-likeness (QED) is 0.661. The number of halogens is 1. The molecule has 0 radical (unpaired) electrons. The van der Waals surface area contributed by atoms with Crippen molar-refractivity contribution in [1.29, 1.82) is 0 Å². The van der Waals surface area contributed by atoms with E-state index in [1.807, 2.05) is 32.9 Å². The molecular formula is C17H23BrN2O2S. The molecule has 0 N–H and O–H groups in total. The van der Waals surface area contributed by atoms with Crippen LogP contribution in [0.1, 0.15) is 25.8 Å². The van der Waals surface area contributed by atoms with Crippen molar-refractivity contribution >= 4 is 43.6 Å². The third-order valence-corrected chi connectivity index (χ3v) is 4.35. The summed E-state index contributed by atoms with van der Waals surface area (Å²) >= 11 is 5.11. The fraction of sp³-hybridized carbons (Fsp3) is 0.412. The van der Waals surface area contributed by atoms with Crippen LogP contribution in [0.2, 0.25) is 0 Å². The molecule has 0 spiro atoms. The third kappa shape index (κ3) is 6.31. The van der Waals surface area contributed by atoms with Crippen molar-refractivity contribution in [3.63, 3.8) is 0 Å². The number of aromatic nitrogens is 1. The first kappa shape index (κ1) is 19.6. The molecule has 126 valence electrons. The Bertz CT molecular complexity index is 664. The van der Waals surface area contributed by atoms with E-state index in [1.54, 1.807) is 23.3 Å². The molecule has 0 fully saturated rings. The minimum absolute atomic E-state index is 0.300. The van der Waals surface area contributed by atoms with Crippen LogP contribution in [0.25, 0.3) is 10.2 Å². The molecule has 0 unspecified atom stereocenters. The van der Waals surface area contributed by atoms with E-state index in [4.69, 9.17) is 4.74 Å². The van der Waals surface area contributed by atoms with E-state index < -0.39 is 5.60 Å². The van der Waals surface area contributed by atoms with Gasteiger partial charge in [-0.25, -0.2) is 9.78 Å². The van der Waals surface area contributed by atoms with Crippen LogP contribution in [0, 0.1) is 0 Å². The molecular weight excluding hydrogens is 376 g/mol. The molecule has 2 rings (SSSR count). The van der Waals surface area contributed by atoms with Gasteiger partial charge in [-0.15, -0.1) is 24.5 Å². The summed E-state index contributed by atoms with van der Waals surface area (Å²) in [5, 5.41) is 1.03. The van der Waals surface area contributed by atoms with Gasteiger partial charge in [-0.1, -0.05) is 15.9 Å². The van der Waals surface area contributed by atoms with Gasteiger partial charge in [0.2, 0.25) is 0 Å². The second kappa shape index (κ2) is 8.45. The number of likely N-dealkylation sites (N-methyl/N-ethyl adjacent to an activating group) is 1. The van der Waals surface area contributed by atoms with E-state index in [2.05, 4.69) is 40.1 Å². The van der Waals surface area contributed by atoms with E-state index in [0.717, 1.165) is 26.1 Å². The third-order valence-electron chi connectivity index (χ3n) is 2.76. The molecule has 0 aliphatic rings. The normalized spacial score (nSPS) is 10.8. The second-order valence-corrected chi connectivity index (χ2v) is 7.90. The number of carbonyl (C=O) groups excluding carboxylic acids is 1. The fourth-order valence-electron chi connectivity index (χ4n) is 1.75. The van der Waals surface area contributed by atoms with Crippen LogP contribution in [0.4, 0.5) is 4.79 Å². The van der Waals surface area contributed by atoms with Crippen molar-refractivity contribution in [3.8, 4) is 0 Å². The van der Waals surface area contributed by atoms with Crippen molar-refractivity contribution in [2.75, 3.05) is 13.6 Å². The Hall–Kier alpha value is -1.40. The molecule has 0 bridgehead atoms. The summed E-state index contributed by atoms with van der Waals surface area (Å²) in [5.74, 6) is 0. The molecule has 1 amide bonds. The minimum atomic E-state index is -0.465. The maximum absolute atomic E-state index is 11.9. The van der Waals surface area contributed by atoms with Crippen molar-refractivity contribution < 1.29 is 9.53 Å². The number of benzene rings is 1. The predicted octanol–water partition coefficient (Wildman–Crippen LogP) is 5.27. The highest BCUT2D eigenvalue weighted by Crippen LogP contribution is 2.25. The first-order valence-electron chi connectivity index (χ1n) is 7.24. The van der Waals surface area contributed by atoms with E-state index in [-0.39, 0.29) is 6.09 Å². The van der Waals surface area contributed by atoms with Gasteiger partial charge in [0.25, 0.3) is 0 Å². The summed E-state index contributed by atoms with van der Waals surface area (Å²) in [7, 11) is 1.75. The Morgan fingerprint density at radius 1 is 1.39 bits per heavy atom. The van der Waals surface area contributed by atoms with Crippen molar-refractivity contribution in [3.05, 3.63) is 40.8 Å². The molecule has 23 heavy (non-hydrogen) atoms. The Morgan fingerprint density at radius 3 is 2.65 bits per heavy atom. The summed E-state index contributed by atoms with van der Waals surface area (Å²) in [5.41, 5.74) is 0.525. The van der Waals surface area contributed by atoms with Crippen molar-refractivity contribution in [1.82, 2.24) is 9.88 Å². The summed E-state index contributed by atoms with van der Waals surface area (Å²) in [4.78, 5) is 18.1. The molecule has 0 atom stereocenters. The van der Waals surface area contributed by atoms with Gasteiger partial charge >= 0.3 is 6.09 Å². The Morgan fingerprint density at radius 2 is 2.04 bits per heavy atom. The second-order valence-electron chi connectivity index (χ2n) is 5.87. The van der Waals surface area contributed by atoms with Crippen LogP contribution in [0.5, 0.6) is 0 Å². The standard InChI is InChI=1S/C15H19BrN2O2S.C2H4/c1-15(2,3)20-14(19)18(4)8-7-13-17-11-9-10(16)5-6-12(11)21-13;1-2/h5-6,9H,7-8H2,1-4H3;1-2H2. The van der Waals surface area contributed by atoms with Crippen LogP contribution in [-0.2, 0) is 11.2 Å². The topological polar surface area (TPSA) is 42.4 Å². The van der Waals surface area contributed by atoms with Crippen molar-refractivity contribution in [2.24, 2.45) is 0 Å². The summed E-state index contributed by atoms with van der Waals surface area (Å²) in [6.07, 6.45) is 0.429. The lowest BCUT2D eigenvalue weighted by Crippen LogP contribution is -2.35. The monoisotopic (exact) mass is 398 g/mol. The molecule has 1 heterocycles. The number of carbonyl (C=O) groups is 1. The highest BCUT2D eigenvalue weighted by atomic mass is 79.9. The van der Waals surface area contributed by atoms with Gasteiger partial charge in [-0.2, -0.15) is 0 Å². The van der Waals surface area contributed by atoms with Gasteiger partial charge in [0, 0.05) is 24.5 Å². The average Bonchev–Trinajstić information content (AvgIpc) is 2.87. The van der Waals surface area contributed by atoms with Crippen LogP contribution < -0.4 is 0 Å². The molecule has 4 nitrogen and oxygen atoms in total. The Balaban J connectivity index is 0.00000127. The van der Waals surface area contributed by atoms with Crippen LogP contribution in [0.3, 0.4) is 0 Å². The SMILES string of the molecule is C=C.CN(CCc1nc2cc(Br)ccc2s1)C(=O)OC(C)(C)C. The average molecular weight is 399 g/mol. The summed E-state index contributed by atoms with van der Waals surface area (Å²) in [6, 6.07) is 6.07. The maximum atomic E-state index is 11.9. The van der Waals surface area contributed by atoms with Crippen LogP contribution in [-0.4, -0.2) is 35.2 Å². The minimum Gasteiger partial charge on any atom is -0.444 e. The molecule has 0 aliphatic heterocycles. The van der Waals surface area contributed by atoms with Gasteiger partial charge in [-0.3, -0.25) is 0 Å². The van der Waals surface area contributed by atoms with Gasteiger partial charge in [-0.05, 0) is 39.0 Å². The number of ether oxygens (including phenoxy) is 1. The molecule has 1 aromatic heterocycles. The molecule has 0 saturated heterocycles. The zero-order valence-electron chi connectivity index (χ0n) is 14.1. The van der Waals surface area contributed by atoms with Gasteiger partial charge in [0.05, 0.1) is 15.2 Å².